The maximum Gasteiger partial charge on any atom is 0.174 e. The van der Waals surface area contributed by atoms with Gasteiger partial charge in [-0.2, -0.15) is 0 Å². The summed E-state index contributed by atoms with van der Waals surface area (Å²) in [6, 6.07) is 3.93. The van der Waals surface area contributed by atoms with Crippen LogP contribution >= 0.6 is 15.9 Å². The number of methoxy groups -OCH3 is 2. The minimum absolute atomic E-state index is 0.575. The van der Waals surface area contributed by atoms with Crippen molar-refractivity contribution in [1.29, 1.82) is 0 Å². The van der Waals surface area contributed by atoms with Crippen LogP contribution in [-0.2, 0) is 6.54 Å². The molecule has 0 saturated carbocycles. The van der Waals surface area contributed by atoms with Gasteiger partial charge in [0.25, 0.3) is 0 Å². The van der Waals surface area contributed by atoms with E-state index in [0.29, 0.717) is 24.6 Å². The predicted molar refractivity (Wildman–Crippen MR) is 84.5 cm³/mol. The summed E-state index contributed by atoms with van der Waals surface area (Å²) in [5, 5.41) is 13.5. The second kappa shape index (κ2) is 7.86. The summed E-state index contributed by atoms with van der Waals surface area (Å²) in [6.45, 7) is 5.24. The van der Waals surface area contributed by atoms with Crippen LogP contribution in [0.1, 0.15) is 32.3 Å². The number of benzene rings is 1. The molecular weight excluding hydrogens is 322 g/mol. The van der Waals surface area contributed by atoms with E-state index in [9.17, 15) is 5.11 Å². The molecule has 2 N–H and O–H groups in total. The highest BCUT2D eigenvalue weighted by Crippen LogP contribution is 2.36. The van der Waals surface area contributed by atoms with Gasteiger partial charge in [0.2, 0.25) is 0 Å². The average Bonchev–Trinajstić information content (AvgIpc) is 2.46. The summed E-state index contributed by atoms with van der Waals surface area (Å²) >= 11 is 3.48. The molecule has 0 aliphatic heterocycles. The van der Waals surface area contributed by atoms with Crippen LogP contribution in [-0.4, -0.2) is 31.5 Å². The third-order valence-corrected chi connectivity index (χ3v) is 4.18. The first-order chi connectivity index (χ1) is 9.49. The Balaban J connectivity index is 2.72. The summed E-state index contributed by atoms with van der Waals surface area (Å²) in [4.78, 5) is 0. The van der Waals surface area contributed by atoms with Crippen LogP contribution in [0.15, 0.2) is 16.6 Å². The number of rotatable bonds is 8. The molecule has 5 heteroatoms. The zero-order valence-corrected chi connectivity index (χ0v) is 14.2. The zero-order chi connectivity index (χ0) is 15.2. The van der Waals surface area contributed by atoms with E-state index in [1.807, 2.05) is 26.0 Å². The second-order valence-corrected chi connectivity index (χ2v) is 5.70. The van der Waals surface area contributed by atoms with Gasteiger partial charge in [-0.3, -0.25) is 0 Å². The molecule has 0 aliphatic carbocycles. The Kier molecular flexibility index (Phi) is 6.79. The molecule has 20 heavy (non-hydrogen) atoms. The van der Waals surface area contributed by atoms with Gasteiger partial charge in [0.05, 0.1) is 24.3 Å². The molecule has 0 aliphatic rings. The summed E-state index contributed by atoms with van der Waals surface area (Å²) in [6.07, 6.45) is 1.48. The monoisotopic (exact) mass is 345 g/mol. The third-order valence-electron chi connectivity index (χ3n) is 3.59. The van der Waals surface area contributed by atoms with E-state index in [4.69, 9.17) is 9.47 Å². The maximum atomic E-state index is 10.2. The molecular formula is C15H24BrNO3. The van der Waals surface area contributed by atoms with Gasteiger partial charge in [0.1, 0.15) is 0 Å². The van der Waals surface area contributed by atoms with Crippen LogP contribution in [0, 0.1) is 0 Å². The molecule has 1 rings (SSSR count). The number of ether oxygens (including phenoxy) is 2. The molecule has 0 heterocycles. The topological polar surface area (TPSA) is 50.7 Å². The van der Waals surface area contributed by atoms with Crippen molar-refractivity contribution in [2.45, 2.75) is 38.8 Å². The Morgan fingerprint density at radius 3 is 2.35 bits per heavy atom. The molecule has 114 valence electrons. The van der Waals surface area contributed by atoms with Crippen molar-refractivity contribution in [1.82, 2.24) is 5.32 Å². The average molecular weight is 346 g/mol. The van der Waals surface area contributed by atoms with Crippen molar-refractivity contribution in [3.05, 3.63) is 22.2 Å². The highest BCUT2D eigenvalue weighted by Gasteiger charge is 2.21. The molecule has 0 unspecified atom stereocenters. The van der Waals surface area contributed by atoms with Crippen molar-refractivity contribution in [2.24, 2.45) is 0 Å². The minimum Gasteiger partial charge on any atom is -0.493 e. The van der Waals surface area contributed by atoms with E-state index in [2.05, 4.69) is 21.2 Å². The summed E-state index contributed by atoms with van der Waals surface area (Å²) in [5.74, 6) is 1.38. The molecule has 0 fully saturated rings. The quantitative estimate of drug-likeness (QED) is 0.760. The lowest BCUT2D eigenvalue weighted by atomic mass is 9.97. The fourth-order valence-electron chi connectivity index (χ4n) is 2.01. The van der Waals surface area contributed by atoms with Gasteiger partial charge in [0, 0.05) is 13.1 Å². The number of hydrogen-bond acceptors (Lipinski definition) is 4. The minimum atomic E-state index is -0.631. The number of halogens is 1. The van der Waals surface area contributed by atoms with Crippen molar-refractivity contribution in [3.8, 4) is 11.5 Å². The van der Waals surface area contributed by atoms with Crippen molar-refractivity contribution in [3.63, 3.8) is 0 Å². The third kappa shape index (κ3) is 4.36. The van der Waals surface area contributed by atoms with Gasteiger partial charge in [0.15, 0.2) is 11.5 Å². The highest BCUT2D eigenvalue weighted by molar-refractivity contribution is 9.10. The van der Waals surface area contributed by atoms with Crippen LogP contribution in [0.4, 0.5) is 0 Å². The van der Waals surface area contributed by atoms with Crippen LogP contribution in [0.2, 0.25) is 0 Å². The Morgan fingerprint density at radius 2 is 1.85 bits per heavy atom. The first-order valence-corrected chi connectivity index (χ1v) is 7.62. The summed E-state index contributed by atoms with van der Waals surface area (Å²) in [7, 11) is 3.23. The normalized spacial score (nSPS) is 11.5. The lowest BCUT2D eigenvalue weighted by molar-refractivity contribution is 0.0323. The van der Waals surface area contributed by atoms with Gasteiger partial charge < -0.3 is 19.9 Å². The number of nitrogens with one attached hydrogen (secondary N) is 1. The van der Waals surface area contributed by atoms with E-state index in [1.54, 1.807) is 14.2 Å². The molecule has 0 amide bonds. The Hall–Kier alpha value is -0.780. The maximum absolute atomic E-state index is 10.2. The zero-order valence-electron chi connectivity index (χ0n) is 12.6. The van der Waals surface area contributed by atoms with Gasteiger partial charge in [-0.25, -0.2) is 0 Å². The van der Waals surface area contributed by atoms with Crippen LogP contribution < -0.4 is 14.8 Å². The van der Waals surface area contributed by atoms with E-state index >= 15 is 0 Å². The molecule has 1 aromatic rings. The fourth-order valence-corrected chi connectivity index (χ4v) is 2.66. The molecule has 4 nitrogen and oxygen atoms in total. The Bertz CT molecular complexity index is 433. The van der Waals surface area contributed by atoms with Gasteiger partial charge >= 0.3 is 0 Å². The van der Waals surface area contributed by atoms with Crippen molar-refractivity contribution in [2.75, 3.05) is 20.8 Å². The molecule has 0 aromatic heterocycles. The first-order valence-electron chi connectivity index (χ1n) is 6.83. The summed E-state index contributed by atoms with van der Waals surface area (Å²) in [5.41, 5.74) is 0.442. The molecule has 0 saturated heterocycles. The summed E-state index contributed by atoms with van der Waals surface area (Å²) < 4.78 is 11.5. The standard InChI is InChI=1S/C15H24BrNO3/c1-5-15(18,6-2)10-17-9-11-7-12(16)14(20-4)13(8-11)19-3/h7-8,17-18H,5-6,9-10H2,1-4H3. The van der Waals surface area contributed by atoms with Gasteiger partial charge in [-0.05, 0) is 46.5 Å². The second-order valence-electron chi connectivity index (χ2n) is 4.85. The van der Waals surface area contributed by atoms with Crippen molar-refractivity contribution >= 4 is 15.9 Å². The molecule has 0 atom stereocenters. The van der Waals surface area contributed by atoms with Gasteiger partial charge in [-0.1, -0.05) is 13.8 Å². The van der Waals surface area contributed by atoms with Crippen LogP contribution in [0.5, 0.6) is 11.5 Å². The fraction of sp³-hybridized carbons (Fsp3) is 0.600. The van der Waals surface area contributed by atoms with Gasteiger partial charge in [-0.15, -0.1) is 0 Å². The SMILES string of the molecule is CCC(O)(CC)CNCc1cc(Br)c(OC)c(OC)c1. The lowest BCUT2D eigenvalue weighted by Gasteiger charge is -2.25. The Labute approximate surface area is 129 Å². The van der Waals surface area contributed by atoms with E-state index in [-0.39, 0.29) is 0 Å². The highest BCUT2D eigenvalue weighted by atomic mass is 79.9. The van der Waals surface area contributed by atoms with E-state index < -0.39 is 5.60 Å². The van der Waals surface area contributed by atoms with E-state index in [0.717, 1.165) is 22.9 Å². The smallest absolute Gasteiger partial charge is 0.174 e. The van der Waals surface area contributed by atoms with Crippen LogP contribution in [0.25, 0.3) is 0 Å². The predicted octanol–water partition coefficient (Wildman–Crippen LogP) is 3.11. The molecule has 0 spiro atoms. The van der Waals surface area contributed by atoms with Crippen LogP contribution in [0.3, 0.4) is 0 Å². The lowest BCUT2D eigenvalue weighted by Crippen LogP contribution is -2.39. The molecule has 0 bridgehead atoms. The van der Waals surface area contributed by atoms with Crippen molar-refractivity contribution < 1.29 is 14.6 Å². The first kappa shape index (κ1) is 17.3. The number of aliphatic hydroxyl groups is 1. The number of hydrogen-bond donors (Lipinski definition) is 2. The van der Waals surface area contributed by atoms with E-state index in [1.165, 1.54) is 0 Å². The molecule has 1 aromatic carbocycles. The Morgan fingerprint density at radius 1 is 1.20 bits per heavy atom. The molecule has 0 radical (unpaired) electrons. The largest absolute Gasteiger partial charge is 0.493 e.